The van der Waals surface area contributed by atoms with Gasteiger partial charge in [0.25, 0.3) is 5.56 Å². The number of aromatic nitrogens is 2. The Morgan fingerprint density at radius 2 is 1.95 bits per heavy atom. The van der Waals surface area contributed by atoms with Crippen LogP contribution in [0.2, 0.25) is 0 Å². The summed E-state index contributed by atoms with van der Waals surface area (Å²) in [5, 5.41) is 2.55. The number of carbonyl (C=O) groups is 1. The lowest BCUT2D eigenvalue weighted by Crippen LogP contribution is -2.25. The standard InChI is InChI=1S/C13H19N3O3/c17-11(7-6-9-4-2-1-3-5-9)14-10-8-12(18)16-13(19)15-10/h8-9H,1-7H2,(H3,14,15,16,17,18,19). The van der Waals surface area contributed by atoms with Gasteiger partial charge in [0.2, 0.25) is 5.91 Å². The Labute approximate surface area is 110 Å². The number of rotatable bonds is 4. The number of H-pyrrole nitrogens is 2. The zero-order chi connectivity index (χ0) is 13.7. The van der Waals surface area contributed by atoms with Crippen LogP contribution in [0, 0.1) is 5.92 Å². The maximum Gasteiger partial charge on any atom is 0.327 e. The highest BCUT2D eigenvalue weighted by Gasteiger charge is 2.15. The first-order valence-electron chi connectivity index (χ1n) is 6.77. The van der Waals surface area contributed by atoms with Crippen molar-refractivity contribution in [1.29, 1.82) is 0 Å². The van der Waals surface area contributed by atoms with Crippen molar-refractivity contribution in [2.75, 3.05) is 5.32 Å². The lowest BCUT2D eigenvalue weighted by atomic mass is 9.86. The van der Waals surface area contributed by atoms with E-state index in [0.29, 0.717) is 12.3 Å². The molecule has 1 aromatic rings. The third-order valence-electron chi connectivity index (χ3n) is 3.54. The molecule has 0 radical (unpaired) electrons. The van der Waals surface area contributed by atoms with E-state index in [1.54, 1.807) is 0 Å². The molecule has 1 fully saturated rings. The Balaban J connectivity index is 1.83. The second-order valence-corrected chi connectivity index (χ2v) is 5.09. The number of amides is 1. The van der Waals surface area contributed by atoms with E-state index in [1.807, 2.05) is 4.98 Å². The number of hydrogen-bond donors (Lipinski definition) is 3. The Bertz CT molecular complexity index is 512. The molecular formula is C13H19N3O3. The van der Waals surface area contributed by atoms with Gasteiger partial charge in [0.15, 0.2) is 0 Å². The maximum atomic E-state index is 11.7. The summed E-state index contributed by atoms with van der Waals surface area (Å²) in [5.74, 6) is 0.631. The van der Waals surface area contributed by atoms with Gasteiger partial charge in [-0.2, -0.15) is 0 Å². The van der Waals surface area contributed by atoms with E-state index in [1.165, 1.54) is 38.2 Å². The Morgan fingerprint density at radius 1 is 1.21 bits per heavy atom. The molecule has 0 saturated heterocycles. The molecule has 19 heavy (non-hydrogen) atoms. The summed E-state index contributed by atoms with van der Waals surface area (Å²) in [6.45, 7) is 0. The molecule has 1 aromatic heterocycles. The van der Waals surface area contributed by atoms with E-state index in [9.17, 15) is 14.4 Å². The molecule has 6 heteroatoms. The maximum absolute atomic E-state index is 11.7. The van der Waals surface area contributed by atoms with Gasteiger partial charge >= 0.3 is 5.69 Å². The van der Waals surface area contributed by atoms with E-state index >= 15 is 0 Å². The lowest BCUT2D eigenvalue weighted by molar-refractivity contribution is -0.116. The molecule has 3 N–H and O–H groups in total. The summed E-state index contributed by atoms with van der Waals surface area (Å²) >= 11 is 0. The van der Waals surface area contributed by atoms with Crippen LogP contribution in [0.5, 0.6) is 0 Å². The van der Waals surface area contributed by atoms with Crippen LogP contribution in [0.3, 0.4) is 0 Å². The van der Waals surface area contributed by atoms with Gasteiger partial charge in [-0.05, 0) is 12.3 Å². The summed E-state index contributed by atoms with van der Waals surface area (Å²) in [5.41, 5.74) is -1.14. The number of carbonyl (C=O) groups excluding carboxylic acids is 1. The van der Waals surface area contributed by atoms with Crippen molar-refractivity contribution in [2.45, 2.75) is 44.9 Å². The third-order valence-corrected chi connectivity index (χ3v) is 3.54. The Morgan fingerprint density at radius 3 is 2.63 bits per heavy atom. The average molecular weight is 265 g/mol. The van der Waals surface area contributed by atoms with E-state index in [-0.39, 0.29) is 11.7 Å². The van der Waals surface area contributed by atoms with Crippen molar-refractivity contribution in [3.05, 3.63) is 26.9 Å². The highest BCUT2D eigenvalue weighted by molar-refractivity contribution is 5.89. The highest BCUT2D eigenvalue weighted by atomic mass is 16.2. The summed E-state index contributed by atoms with van der Waals surface area (Å²) < 4.78 is 0. The van der Waals surface area contributed by atoms with Crippen LogP contribution in [-0.2, 0) is 4.79 Å². The molecule has 104 valence electrons. The van der Waals surface area contributed by atoms with Crippen molar-refractivity contribution in [3.8, 4) is 0 Å². The predicted octanol–water partition coefficient (Wildman–Crippen LogP) is 1.36. The summed E-state index contributed by atoms with van der Waals surface area (Å²) in [7, 11) is 0. The molecule has 0 bridgehead atoms. The largest absolute Gasteiger partial charge is 0.327 e. The highest BCUT2D eigenvalue weighted by Crippen LogP contribution is 2.27. The first-order valence-corrected chi connectivity index (χ1v) is 6.77. The predicted molar refractivity (Wildman–Crippen MR) is 72.1 cm³/mol. The van der Waals surface area contributed by atoms with Crippen LogP contribution < -0.4 is 16.6 Å². The van der Waals surface area contributed by atoms with Crippen molar-refractivity contribution in [1.82, 2.24) is 9.97 Å². The first-order chi connectivity index (χ1) is 9.13. The smallest absolute Gasteiger partial charge is 0.312 e. The molecule has 1 aliphatic rings. The monoisotopic (exact) mass is 265 g/mol. The van der Waals surface area contributed by atoms with Gasteiger partial charge in [0, 0.05) is 12.5 Å². The van der Waals surface area contributed by atoms with Gasteiger partial charge < -0.3 is 5.32 Å². The van der Waals surface area contributed by atoms with Crippen LogP contribution in [-0.4, -0.2) is 15.9 Å². The molecule has 6 nitrogen and oxygen atoms in total. The molecule has 0 atom stereocenters. The molecule has 1 heterocycles. The Kier molecular flexibility index (Phi) is 4.54. The molecular weight excluding hydrogens is 246 g/mol. The van der Waals surface area contributed by atoms with E-state index in [0.717, 1.165) is 6.42 Å². The Hall–Kier alpha value is -1.85. The van der Waals surface area contributed by atoms with Gasteiger partial charge in [-0.3, -0.25) is 19.6 Å². The number of nitrogens with one attached hydrogen (secondary N) is 3. The summed E-state index contributed by atoms with van der Waals surface area (Å²) in [6, 6.07) is 1.17. The quantitative estimate of drug-likeness (QED) is 0.767. The second-order valence-electron chi connectivity index (χ2n) is 5.09. The van der Waals surface area contributed by atoms with E-state index < -0.39 is 11.2 Å². The van der Waals surface area contributed by atoms with Crippen LogP contribution in [0.4, 0.5) is 5.82 Å². The molecule has 2 rings (SSSR count). The zero-order valence-electron chi connectivity index (χ0n) is 10.8. The zero-order valence-corrected chi connectivity index (χ0v) is 10.8. The molecule has 0 aromatic carbocycles. The van der Waals surface area contributed by atoms with E-state index in [2.05, 4.69) is 10.3 Å². The van der Waals surface area contributed by atoms with Gasteiger partial charge in [0.1, 0.15) is 5.82 Å². The molecule has 1 saturated carbocycles. The van der Waals surface area contributed by atoms with Crippen molar-refractivity contribution in [3.63, 3.8) is 0 Å². The molecule has 0 aliphatic heterocycles. The average Bonchev–Trinajstić information content (AvgIpc) is 2.36. The van der Waals surface area contributed by atoms with Crippen LogP contribution in [0.25, 0.3) is 0 Å². The second kappa shape index (κ2) is 6.36. The van der Waals surface area contributed by atoms with Gasteiger partial charge in [-0.15, -0.1) is 0 Å². The summed E-state index contributed by atoms with van der Waals surface area (Å²) in [4.78, 5) is 38.3. The van der Waals surface area contributed by atoms with Gasteiger partial charge in [-0.1, -0.05) is 32.1 Å². The lowest BCUT2D eigenvalue weighted by Gasteiger charge is -2.20. The fourth-order valence-corrected chi connectivity index (χ4v) is 2.56. The van der Waals surface area contributed by atoms with Crippen LogP contribution >= 0.6 is 0 Å². The normalized spacial score (nSPS) is 16.2. The minimum Gasteiger partial charge on any atom is -0.312 e. The van der Waals surface area contributed by atoms with Crippen molar-refractivity contribution in [2.24, 2.45) is 5.92 Å². The van der Waals surface area contributed by atoms with Crippen molar-refractivity contribution >= 4 is 11.7 Å². The minimum atomic E-state index is -0.616. The third kappa shape index (κ3) is 4.39. The molecule has 0 spiro atoms. The number of hydrogen-bond acceptors (Lipinski definition) is 3. The fraction of sp³-hybridized carbons (Fsp3) is 0.615. The number of anilines is 1. The van der Waals surface area contributed by atoms with E-state index in [4.69, 9.17) is 0 Å². The minimum absolute atomic E-state index is 0.155. The van der Waals surface area contributed by atoms with Crippen LogP contribution in [0.15, 0.2) is 15.7 Å². The molecule has 1 aliphatic carbocycles. The SMILES string of the molecule is O=C(CCC1CCCCC1)Nc1cc(=O)[nH]c(=O)[nH]1. The fourth-order valence-electron chi connectivity index (χ4n) is 2.56. The first kappa shape index (κ1) is 13.6. The van der Waals surface area contributed by atoms with Crippen molar-refractivity contribution < 1.29 is 4.79 Å². The van der Waals surface area contributed by atoms with Gasteiger partial charge in [-0.25, -0.2) is 4.79 Å². The molecule has 1 amide bonds. The molecule has 0 unspecified atom stereocenters. The number of aromatic amines is 2. The van der Waals surface area contributed by atoms with Crippen LogP contribution in [0.1, 0.15) is 44.9 Å². The van der Waals surface area contributed by atoms with Gasteiger partial charge in [0.05, 0.1) is 0 Å². The topological polar surface area (TPSA) is 94.8 Å². The summed E-state index contributed by atoms with van der Waals surface area (Å²) in [6.07, 6.45) is 7.53.